The van der Waals surface area contributed by atoms with Gasteiger partial charge in [-0.1, -0.05) is 12.1 Å². The van der Waals surface area contributed by atoms with Crippen molar-refractivity contribution in [2.75, 3.05) is 6.61 Å². The third-order valence-corrected chi connectivity index (χ3v) is 3.09. The Labute approximate surface area is 108 Å². The highest BCUT2D eigenvalue weighted by Gasteiger charge is 1.96. The van der Waals surface area contributed by atoms with Crippen molar-refractivity contribution in [2.24, 2.45) is 0 Å². The number of imidazole rings is 1. The van der Waals surface area contributed by atoms with Gasteiger partial charge in [0.25, 0.3) is 0 Å². The van der Waals surface area contributed by atoms with Gasteiger partial charge in [0.1, 0.15) is 0 Å². The molecule has 0 saturated heterocycles. The third kappa shape index (κ3) is 3.76. The Morgan fingerprint density at radius 3 is 2.72 bits per heavy atom. The second-order valence-electron chi connectivity index (χ2n) is 3.73. The fourth-order valence-corrected chi connectivity index (χ4v) is 1.83. The van der Waals surface area contributed by atoms with Gasteiger partial charge >= 0.3 is 0 Å². The van der Waals surface area contributed by atoms with E-state index in [-0.39, 0.29) is 4.90 Å². The van der Waals surface area contributed by atoms with Crippen molar-refractivity contribution < 1.29 is 13.5 Å². The van der Waals surface area contributed by atoms with Gasteiger partial charge < -0.3 is 13.9 Å². The Morgan fingerprint density at radius 1 is 1.33 bits per heavy atom. The molecule has 0 saturated carbocycles. The van der Waals surface area contributed by atoms with Crippen LogP contribution in [0.1, 0.15) is 5.56 Å². The Bertz CT molecular complexity index is 497. The average molecular weight is 265 g/mol. The summed E-state index contributed by atoms with van der Waals surface area (Å²) in [6.07, 6.45) is 5.34. The highest BCUT2D eigenvalue weighted by atomic mass is 32.2. The quantitative estimate of drug-likeness (QED) is 0.584. The Balaban J connectivity index is 1.75. The summed E-state index contributed by atoms with van der Waals surface area (Å²) < 4.78 is 28.8. The molecule has 0 radical (unpaired) electrons. The summed E-state index contributed by atoms with van der Waals surface area (Å²) in [5.74, 6) is 0. The molecule has 0 aliphatic carbocycles. The molecular formula is C12H13N2O3S-. The van der Waals surface area contributed by atoms with Crippen LogP contribution in [0.2, 0.25) is 0 Å². The fraction of sp³-hybridized carbons (Fsp3) is 0.250. The van der Waals surface area contributed by atoms with Crippen molar-refractivity contribution in [3.8, 4) is 0 Å². The second kappa shape index (κ2) is 6.44. The maximum absolute atomic E-state index is 10.7. The number of hydrogen-bond acceptors (Lipinski definition) is 4. The number of benzene rings is 1. The summed E-state index contributed by atoms with van der Waals surface area (Å²) in [7, 11) is 0. The molecule has 0 aliphatic heterocycles. The number of ether oxygens (including phenoxy) is 1. The van der Waals surface area contributed by atoms with Crippen LogP contribution in [-0.4, -0.2) is 24.9 Å². The highest BCUT2D eigenvalue weighted by molar-refractivity contribution is 7.79. The molecule has 6 heteroatoms. The van der Waals surface area contributed by atoms with Gasteiger partial charge in [-0.2, -0.15) is 0 Å². The molecule has 18 heavy (non-hydrogen) atoms. The van der Waals surface area contributed by atoms with Crippen LogP contribution in [0.3, 0.4) is 0 Å². The average Bonchev–Trinajstić information content (AvgIpc) is 2.88. The maximum atomic E-state index is 10.7. The summed E-state index contributed by atoms with van der Waals surface area (Å²) >= 11 is -2.17. The molecule has 96 valence electrons. The lowest BCUT2D eigenvalue weighted by Gasteiger charge is -2.07. The van der Waals surface area contributed by atoms with Crippen molar-refractivity contribution in [2.45, 2.75) is 18.0 Å². The maximum Gasteiger partial charge on any atom is 0.0946 e. The van der Waals surface area contributed by atoms with E-state index in [0.29, 0.717) is 13.2 Å². The van der Waals surface area contributed by atoms with Crippen LogP contribution in [-0.2, 0) is 29.0 Å². The second-order valence-corrected chi connectivity index (χ2v) is 4.67. The van der Waals surface area contributed by atoms with Crippen LogP contribution in [0.15, 0.2) is 47.9 Å². The zero-order valence-electron chi connectivity index (χ0n) is 9.69. The minimum Gasteiger partial charge on any atom is -0.768 e. The molecule has 0 aliphatic rings. The summed E-state index contributed by atoms with van der Waals surface area (Å²) in [5, 5.41) is 0. The molecule has 0 spiro atoms. The highest BCUT2D eigenvalue weighted by Crippen LogP contribution is 2.08. The molecule has 1 aromatic heterocycles. The van der Waals surface area contributed by atoms with Crippen molar-refractivity contribution in [1.29, 1.82) is 0 Å². The first-order valence-corrected chi connectivity index (χ1v) is 6.55. The van der Waals surface area contributed by atoms with E-state index >= 15 is 0 Å². The standard InChI is InChI=1S/C12H14N2O3S/c15-18(16)12-3-1-11(2-4-12)9-17-8-7-14-6-5-13-10-14/h1-6,10H,7-9H2,(H,15,16)/p-1. The van der Waals surface area contributed by atoms with Gasteiger partial charge in [0.2, 0.25) is 0 Å². The monoisotopic (exact) mass is 265 g/mol. The van der Waals surface area contributed by atoms with Gasteiger partial charge in [-0.15, -0.1) is 0 Å². The van der Waals surface area contributed by atoms with Gasteiger partial charge in [-0.05, 0) is 28.8 Å². The molecule has 0 N–H and O–H groups in total. The summed E-state index contributed by atoms with van der Waals surface area (Å²) in [6.45, 7) is 1.81. The van der Waals surface area contributed by atoms with Gasteiger partial charge in [-0.25, -0.2) is 4.98 Å². The van der Waals surface area contributed by atoms with Crippen LogP contribution in [0.5, 0.6) is 0 Å². The molecule has 2 aromatic rings. The summed E-state index contributed by atoms with van der Waals surface area (Å²) in [6, 6.07) is 6.64. The number of nitrogens with zero attached hydrogens (tertiary/aromatic N) is 2. The third-order valence-electron chi connectivity index (χ3n) is 2.44. The van der Waals surface area contributed by atoms with E-state index in [2.05, 4.69) is 4.98 Å². The van der Waals surface area contributed by atoms with Gasteiger partial charge in [0, 0.05) is 23.8 Å². The molecule has 0 amide bonds. The molecule has 2 rings (SSSR count). The van der Waals surface area contributed by atoms with Crippen LogP contribution in [0.4, 0.5) is 0 Å². The van der Waals surface area contributed by atoms with Crippen molar-refractivity contribution in [3.05, 3.63) is 48.5 Å². The first kappa shape index (κ1) is 12.9. The Morgan fingerprint density at radius 2 is 2.11 bits per heavy atom. The van der Waals surface area contributed by atoms with E-state index in [4.69, 9.17) is 4.74 Å². The van der Waals surface area contributed by atoms with Crippen molar-refractivity contribution in [3.63, 3.8) is 0 Å². The molecule has 1 atom stereocenters. The summed E-state index contributed by atoms with van der Waals surface area (Å²) in [4.78, 5) is 4.22. The molecule has 5 nitrogen and oxygen atoms in total. The molecule has 1 unspecified atom stereocenters. The van der Waals surface area contributed by atoms with Crippen LogP contribution < -0.4 is 0 Å². The molecular weight excluding hydrogens is 252 g/mol. The van der Waals surface area contributed by atoms with Crippen molar-refractivity contribution >= 4 is 11.1 Å². The zero-order valence-corrected chi connectivity index (χ0v) is 10.5. The SMILES string of the molecule is O=S([O-])c1ccc(COCCn2ccnc2)cc1. The van der Waals surface area contributed by atoms with E-state index in [1.165, 1.54) is 0 Å². The predicted octanol–water partition coefficient (Wildman–Crippen LogP) is 1.34. The van der Waals surface area contributed by atoms with Crippen LogP contribution in [0.25, 0.3) is 0 Å². The lowest BCUT2D eigenvalue weighted by Crippen LogP contribution is -2.04. The molecule has 1 aromatic carbocycles. The zero-order chi connectivity index (χ0) is 12.8. The Hall–Kier alpha value is -1.50. The predicted molar refractivity (Wildman–Crippen MR) is 65.5 cm³/mol. The summed E-state index contributed by atoms with van der Waals surface area (Å²) in [5.41, 5.74) is 0.954. The lowest BCUT2D eigenvalue weighted by atomic mass is 10.2. The largest absolute Gasteiger partial charge is 0.768 e. The molecule has 0 bridgehead atoms. The minimum atomic E-state index is -2.17. The van der Waals surface area contributed by atoms with Gasteiger partial charge in [-0.3, -0.25) is 4.21 Å². The van der Waals surface area contributed by atoms with Gasteiger partial charge in [0.15, 0.2) is 0 Å². The lowest BCUT2D eigenvalue weighted by molar-refractivity contribution is 0.113. The van der Waals surface area contributed by atoms with E-state index in [0.717, 1.165) is 12.1 Å². The number of hydrogen-bond donors (Lipinski definition) is 0. The molecule has 1 heterocycles. The fourth-order valence-electron chi connectivity index (χ4n) is 1.48. The smallest absolute Gasteiger partial charge is 0.0946 e. The minimum absolute atomic E-state index is 0.289. The van der Waals surface area contributed by atoms with E-state index in [1.54, 1.807) is 36.8 Å². The first-order chi connectivity index (χ1) is 8.75. The van der Waals surface area contributed by atoms with Crippen LogP contribution in [0, 0.1) is 0 Å². The normalized spacial score (nSPS) is 12.5. The number of aromatic nitrogens is 2. The topological polar surface area (TPSA) is 67.2 Å². The molecule has 0 fully saturated rings. The number of rotatable bonds is 6. The van der Waals surface area contributed by atoms with E-state index < -0.39 is 11.1 Å². The van der Waals surface area contributed by atoms with Crippen LogP contribution >= 0.6 is 0 Å². The first-order valence-electron chi connectivity index (χ1n) is 5.47. The Kier molecular flexibility index (Phi) is 4.63. The van der Waals surface area contributed by atoms with E-state index in [1.807, 2.05) is 10.8 Å². The van der Waals surface area contributed by atoms with E-state index in [9.17, 15) is 8.76 Å². The van der Waals surface area contributed by atoms with Crippen molar-refractivity contribution in [1.82, 2.24) is 9.55 Å². The van der Waals surface area contributed by atoms with Gasteiger partial charge in [0.05, 0.1) is 19.5 Å².